The number of benzene rings is 1. The van der Waals surface area contributed by atoms with Crippen molar-refractivity contribution in [3.8, 4) is 11.5 Å². The molecular formula is C29H40N2O6. The monoisotopic (exact) mass is 512 g/mol. The summed E-state index contributed by atoms with van der Waals surface area (Å²) in [6.07, 6.45) is 6.53. The topological polar surface area (TPSA) is 81.5 Å². The van der Waals surface area contributed by atoms with Crippen molar-refractivity contribution in [1.29, 1.82) is 0 Å². The van der Waals surface area contributed by atoms with Gasteiger partial charge < -0.3 is 28.4 Å². The van der Waals surface area contributed by atoms with E-state index in [0.717, 1.165) is 62.2 Å². The standard InChI is InChI=1S/C29H40N2O6/c1-21-10-12-25(37-21)19-30(15-14-22-11-13-26(34-2)27(17-22)35-3)28(32)20-31(18-24-9-6-16-36-24)29(33)23-7-4-5-8-23/h10-13,17,23-24H,4-9,14-16,18-20H2,1-3H3. The molecule has 1 aliphatic carbocycles. The van der Waals surface area contributed by atoms with Gasteiger partial charge in [-0.3, -0.25) is 9.59 Å². The van der Waals surface area contributed by atoms with Gasteiger partial charge in [0.05, 0.1) is 33.4 Å². The van der Waals surface area contributed by atoms with Crippen molar-refractivity contribution in [2.45, 2.75) is 64.5 Å². The van der Waals surface area contributed by atoms with E-state index >= 15 is 0 Å². The molecule has 37 heavy (non-hydrogen) atoms. The minimum Gasteiger partial charge on any atom is -0.493 e. The number of rotatable bonds is 12. The summed E-state index contributed by atoms with van der Waals surface area (Å²) in [6.45, 7) is 3.98. The first-order valence-electron chi connectivity index (χ1n) is 13.4. The molecule has 2 aromatic rings. The van der Waals surface area contributed by atoms with Gasteiger partial charge in [0, 0.05) is 25.6 Å². The molecule has 2 aliphatic rings. The molecule has 0 bridgehead atoms. The Labute approximate surface area is 219 Å². The van der Waals surface area contributed by atoms with Crippen molar-refractivity contribution >= 4 is 11.8 Å². The third kappa shape index (κ3) is 7.28. The van der Waals surface area contributed by atoms with E-state index in [9.17, 15) is 9.59 Å². The summed E-state index contributed by atoms with van der Waals surface area (Å²) in [4.78, 5) is 30.7. The van der Waals surface area contributed by atoms with Gasteiger partial charge in [-0.25, -0.2) is 0 Å². The Morgan fingerprint density at radius 2 is 1.76 bits per heavy atom. The van der Waals surface area contributed by atoms with E-state index in [1.165, 1.54) is 0 Å². The summed E-state index contributed by atoms with van der Waals surface area (Å²) in [6, 6.07) is 9.60. The molecule has 1 aromatic carbocycles. The number of ether oxygens (including phenoxy) is 3. The Kier molecular flexibility index (Phi) is 9.50. The summed E-state index contributed by atoms with van der Waals surface area (Å²) < 4.78 is 22.4. The van der Waals surface area contributed by atoms with E-state index in [-0.39, 0.29) is 30.4 Å². The Balaban J connectivity index is 1.48. The fourth-order valence-corrected chi connectivity index (χ4v) is 5.31. The molecule has 1 unspecified atom stereocenters. The van der Waals surface area contributed by atoms with E-state index in [1.54, 1.807) is 24.0 Å². The summed E-state index contributed by atoms with van der Waals surface area (Å²) in [5.41, 5.74) is 1.03. The zero-order valence-electron chi connectivity index (χ0n) is 22.4. The van der Waals surface area contributed by atoms with Crippen LogP contribution in [0.4, 0.5) is 0 Å². The Hall–Kier alpha value is -3.00. The molecule has 0 radical (unpaired) electrons. The van der Waals surface area contributed by atoms with E-state index in [0.29, 0.717) is 37.6 Å². The zero-order valence-corrected chi connectivity index (χ0v) is 22.4. The van der Waals surface area contributed by atoms with Crippen LogP contribution in [-0.2, 0) is 27.3 Å². The van der Waals surface area contributed by atoms with Gasteiger partial charge in [-0.1, -0.05) is 18.9 Å². The van der Waals surface area contributed by atoms with Crippen molar-refractivity contribution in [3.63, 3.8) is 0 Å². The van der Waals surface area contributed by atoms with Crippen LogP contribution in [0.5, 0.6) is 11.5 Å². The van der Waals surface area contributed by atoms with E-state index in [1.807, 2.05) is 37.3 Å². The van der Waals surface area contributed by atoms with Crippen LogP contribution in [0.1, 0.15) is 55.6 Å². The van der Waals surface area contributed by atoms with Crippen LogP contribution >= 0.6 is 0 Å². The van der Waals surface area contributed by atoms with Crippen molar-refractivity contribution in [3.05, 3.63) is 47.4 Å². The number of nitrogens with zero attached hydrogens (tertiary/aromatic N) is 2. The van der Waals surface area contributed by atoms with Gasteiger partial charge in [0.2, 0.25) is 11.8 Å². The van der Waals surface area contributed by atoms with E-state index in [2.05, 4.69) is 0 Å². The van der Waals surface area contributed by atoms with Crippen molar-refractivity contribution in [2.24, 2.45) is 5.92 Å². The number of hydrogen-bond acceptors (Lipinski definition) is 6. The predicted molar refractivity (Wildman–Crippen MR) is 140 cm³/mol. The Morgan fingerprint density at radius 3 is 2.41 bits per heavy atom. The number of furan rings is 1. The average molecular weight is 513 g/mol. The van der Waals surface area contributed by atoms with E-state index < -0.39 is 0 Å². The molecule has 1 aliphatic heterocycles. The van der Waals surface area contributed by atoms with Gasteiger partial charge in [0.15, 0.2) is 11.5 Å². The van der Waals surface area contributed by atoms with Crippen molar-refractivity contribution in [1.82, 2.24) is 9.80 Å². The van der Waals surface area contributed by atoms with Gasteiger partial charge in [-0.2, -0.15) is 0 Å². The van der Waals surface area contributed by atoms with Gasteiger partial charge in [0.25, 0.3) is 0 Å². The third-order valence-corrected chi connectivity index (χ3v) is 7.40. The van der Waals surface area contributed by atoms with Crippen LogP contribution in [0.15, 0.2) is 34.7 Å². The fraction of sp³-hybridized carbons (Fsp3) is 0.586. The molecule has 1 aromatic heterocycles. The second kappa shape index (κ2) is 13.0. The molecule has 202 valence electrons. The molecule has 1 atom stereocenters. The molecule has 1 saturated carbocycles. The number of amides is 2. The quantitative estimate of drug-likeness (QED) is 0.420. The maximum atomic E-state index is 13.7. The molecule has 8 heteroatoms. The zero-order chi connectivity index (χ0) is 26.2. The normalized spacial score (nSPS) is 17.6. The average Bonchev–Trinajstić information content (AvgIpc) is 3.69. The van der Waals surface area contributed by atoms with Gasteiger partial charge in [-0.15, -0.1) is 0 Å². The highest BCUT2D eigenvalue weighted by molar-refractivity contribution is 5.86. The molecule has 2 amide bonds. The van der Waals surface area contributed by atoms with Crippen LogP contribution < -0.4 is 9.47 Å². The van der Waals surface area contributed by atoms with Crippen LogP contribution in [0, 0.1) is 12.8 Å². The first-order valence-corrected chi connectivity index (χ1v) is 13.4. The number of carbonyl (C=O) groups is 2. The molecule has 0 N–H and O–H groups in total. The summed E-state index contributed by atoms with van der Waals surface area (Å²) in [5, 5.41) is 0. The van der Waals surface area contributed by atoms with Gasteiger partial charge >= 0.3 is 0 Å². The molecular weight excluding hydrogens is 472 g/mol. The number of aryl methyl sites for hydroxylation is 1. The molecule has 2 heterocycles. The van der Waals surface area contributed by atoms with Crippen LogP contribution in [0.2, 0.25) is 0 Å². The maximum Gasteiger partial charge on any atom is 0.242 e. The van der Waals surface area contributed by atoms with Crippen LogP contribution in [-0.4, -0.2) is 68.2 Å². The van der Waals surface area contributed by atoms with E-state index in [4.69, 9.17) is 18.6 Å². The van der Waals surface area contributed by atoms with Crippen molar-refractivity contribution in [2.75, 3.05) is 40.5 Å². The smallest absolute Gasteiger partial charge is 0.242 e. The first kappa shape index (κ1) is 27.0. The van der Waals surface area contributed by atoms with Crippen molar-refractivity contribution < 1.29 is 28.2 Å². The lowest BCUT2D eigenvalue weighted by Crippen LogP contribution is -2.47. The summed E-state index contributed by atoms with van der Waals surface area (Å²) >= 11 is 0. The highest BCUT2D eigenvalue weighted by Gasteiger charge is 2.32. The Morgan fingerprint density at radius 1 is 0.973 bits per heavy atom. The minimum atomic E-state index is -0.0844. The van der Waals surface area contributed by atoms with Crippen LogP contribution in [0.25, 0.3) is 0 Å². The lowest BCUT2D eigenvalue weighted by atomic mass is 10.1. The van der Waals surface area contributed by atoms with Gasteiger partial charge in [-0.05, 0) is 68.9 Å². The third-order valence-electron chi connectivity index (χ3n) is 7.40. The molecule has 1 saturated heterocycles. The molecule has 2 fully saturated rings. The molecule has 4 rings (SSSR count). The number of hydrogen-bond donors (Lipinski definition) is 0. The first-order chi connectivity index (χ1) is 18.0. The second-order valence-electron chi connectivity index (χ2n) is 10.1. The molecule has 0 spiro atoms. The van der Waals surface area contributed by atoms with Crippen LogP contribution in [0.3, 0.4) is 0 Å². The largest absolute Gasteiger partial charge is 0.493 e. The summed E-state index contributed by atoms with van der Waals surface area (Å²) in [7, 11) is 3.22. The highest BCUT2D eigenvalue weighted by Crippen LogP contribution is 2.29. The predicted octanol–water partition coefficient (Wildman–Crippen LogP) is 4.37. The summed E-state index contributed by atoms with van der Waals surface area (Å²) in [5.74, 6) is 2.88. The second-order valence-corrected chi connectivity index (χ2v) is 10.1. The lowest BCUT2D eigenvalue weighted by molar-refractivity contribution is -0.144. The Bertz CT molecular complexity index is 1040. The fourth-order valence-electron chi connectivity index (χ4n) is 5.31. The molecule has 8 nitrogen and oxygen atoms in total. The minimum absolute atomic E-state index is 0.00564. The number of carbonyl (C=O) groups excluding carboxylic acids is 2. The number of methoxy groups -OCH3 is 2. The highest BCUT2D eigenvalue weighted by atomic mass is 16.5. The maximum absolute atomic E-state index is 13.7. The SMILES string of the molecule is COc1ccc(CCN(Cc2ccc(C)o2)C(=O)CN(CC2CCCO2)C(=O)C2CCCC2)cc1OC. The van der Waals surface area contributed by atoms with Gasteiger partial charge in [0.1, 0.15) is 11.5 Å². The lowest BCUT2D eigenvalue weighted by Gasteiger charge is -2.30.